The molecular weight excluding hydrogens is 268 g/mol. The molecule has 1 atom stereocenters. The number of anilines is 1. The van der Waals surface area contributed by atoms with Gasteiger partial charge in [-0.1, -0.05) is 17.7 Å². The van der Waals surface area contributed by atoms with Crippen LogP contribution in [0.4, 0.5) is 5.82 Å². The van der Waals surface area contributed by atoms with Crippen molar-refractivity contribution in [2.75, 3.05) is 12.8 Å². The van der Waals surface area contributed by atoms with Gasteiger partial charge in [-0.3, -0.25) is 4.79 Å². The fourth-order valence-electron chi connectivity index (χ4n) is 2.06. The summed E-state index contributed by atoms with van der Waals surface area (Å²) in [5.74, 6) is 0.468. The van der Waals surface area contributed by atoms with Crippen LogP contribution in [0.1, 0.15) is 34.6 Å². The summed E-state index contributed by atoms with van der Waals surface area (Å²) < 4.78 is 5.33. The number of nitrogen functional groups attached to an aromatic ring is 1. The number of aryl methyl sites for hydroxylation is 1. The van der Waals surface area contributed by atoms with Gasteiger partial charge in [0.2, 0.25) is 0 Å². The highest BCUT2D eigenvalue weighted by molar-refractivity contribution is 5.96. The van der Waals surface area contributed by atoms with Crippen molar-refractivity contribution in [3.8, 4) is 5.75 Å². The molecule has 6 heteroatoms. The third-order valence-electron chi connectivity index (χ3n) is 3.14. The van der Waals surface area contributed by atoms with E-state index in [4.69, 9.17) is 10.5 Å². The van der Waals surface area contributed by atoms with Crippen LogP contribution >= 0.6 is 0 Å². The zero-order valence-electron chi connectivity index (χ0n) is 12.3. The van der Waals surface area contributed by atoms with Crippen LogP contribution in [0.3, 0.4) is 0 Å². The summed E-state index contributed by atoms with van der Waals surface area (Å²) >= 11 is 0. The van der Waals surface area contributed by atoms with Gasteiger partial charge in [0.15, 0.2) is 11.5 Å². The van der Waals surface area contributed by atoms with Gasteiger partial charge in [-0.15, -0.1) is 0 Å². The molecule has 0 spiro atoms. The first-order valence-electron chi connectivity index (χ1n) is 6.54. The number of methoxy groups -OCH3 is 1. The maximum atomic E-state index is 12.2. The normalized spacial score (nSPS) is 11.8. The minimum atomic E-state index is -0.364. The number of hydrogen-bond donors (Lipinski definition) is 2. The number of carbonyl (C=O) groups excluding carboxylic acids is 1. The van der Waals surface area contributed by atoms with Gasteiger partial charge in [0.25, 0.3) is 5.91 Å². The Hall–Kier alpha value is -2.63. The van der Waals surface area contributed by atoms with Crippen LogP contribution in [0, 0.1) is 6.92 Å². The third-order valence-corrected chi connectivity index (χ3v) is 3.14. The number of nitrogens with one attached hydrogen (secondary N) is 1. The second-order valence-electron chi connectivity index (χ2n) is 4.73. The lowest BCUT2D eigenvalue weighted by Crippen LogP contribution is -2.28. The molecule has 0 radical (unpaired) electrons. The van der Waals surface area contributed by atoms with E-state index in [0.29, 0.717) is 0 Å². The van der Waals surface area contributed by atoms with Gasteiger partial charge in [0.05, 0.1) is 13.2 Å². The maximum Gasteiger partial charge on any atom is 0.274 e. The van der Waals surface area contributed by atoms with Crippen LogP contribution < -0.4 is 15.8 Å². The number of hydrogen-bond acceptors (Lipinski definition) is 5. The molecule has 0 aliphatic carbocycles. The molecule has 6 nitrogen and oxygen atoms in total. The Morgan fingerprint density at radius 1 is 1.33 bits per heavy atom. The molecule has 0 fully saturated rings. The Morgan fingerprint density at radius 3 is 2.71 bits per heavy atom. The molecule has 1 amide bonds. The fraction of sp³-hybridized carbons (Fsp3) is 0.267. The van der Waals surface area contributed by atoms with Crippen molar-refractivity contribution in [3.05, 3.63) is 47.4 Å². The first kappa shape index (κ1) is 14.8. The van der Waals surface area contributed by atoms with Crippen LogP contribution in [0.25, 0.3) is 0 Å². The summed E-state index contributed by atoms with van der Waals surface area (Å²) in [6.45, 7) is 3.86. The largest absolute Gasteiger partial charge is 0.496 e. The van der Waals surface area contributed by atoms with Crippen molar-refractivity contribution >= 4 is 11.7 Å². The van der Waals surface area contributed by atoms with Gasteiger partial charge in [0.1, 0.15) is 5.75 Å². The first-order valence-corrected chi connectivity index (χ1v) is 6.54. The Labute approximate surface area is 123 Å². The van der Waals surface area contributed by atoms with Crippen LogP contribution in [-0.4, -0.2) is 23.0 Å². The SMILES string of the molecule is COc1ccc(C)cc1[C@@H](C)NC(=O)c1nccnc1N. The number of carbonyl (C=O) groups is 1. The van der Waals surface area contributed by atoms with E-state index in [0.717, 1.165) is 16.9 Å². The van der Waals surface area contributed by atoms with Crippen LogP contribution in [0.15, 0.2) is 30.6 Å². The number of benzene rings is 1. The van der Waals surface area contributed by atoms with Crippen molar-refractivity contribution in [3.63, 3.8) is 0 Å². The first-order chi connectivity index (χ1) is 10.0. The number of nitrogens with two attached hydrogens (primary N) is 1. The van der Waals surface area contributed by atoms with E-state index in [-0.39, 0.29) is 23.5 Å². The van der Waals surface area contributed by atoms with E-state index in [1.165, 1.54) is 12.4 Å². The van der Waals surface area contributed by atoms with E-state index < -0.39 is 0 Å². The number of ether oxygens (including phenoxy) is 1. The minimum absolute atomic E-state index is 0.110. The summed E-state index contributed by atoms with van der Waals surface area (Å²) in [6.07, 6.45) is 2.88. The average Bonchev–Trinajstić information content (AvgIpc) is 2.47. The van der Waals surface area contributed by atoms with Crippen molar-refractivity contribution in [2.24, 2.45) is 0 Å². The lowest BCUT2D eigenvalue weighted by Gasteiger charge is -2.18. The van der Waals surface area contributed by atoms with Gasteiger partial charge < -0.3 is 15.8 Å². The molecule has 0 saturated carbocycles. The molecule has 0 unspecified atom stereocenters. The second kappa shape index (κ2) is 6.21. The van der Waals surface area contributed by atoms with E-state index >= 15 is 0 Å². The molecule has 3 N–H and O–H groups in total. The fourth-order valence-corrected chi connectivity index (χ4v) is 2.06. The molecule has 2 aromatic rings. The number of aromatic nitrogens is 2. The Morgan fingerprint density at radius 2 is 2.05 bits per heavy atom. The van der Waals surface area contributed by atoms with E-state index in [9.17, 15) is 4.79 Å². The summed E-state index contributed by atoms with van der Waals surface area (Å²) in [5.41, 5.74) is 7.76. The Balaban J connectivity index is 2.22. The van der Waals surface area contributed by atoms with E-state index in [1.54, 1.807) is 7.11 Å². The van der Waals surface area contributed by atoms with Crippen molar-refractivity contribution in [2.45, 2.75) is 19.9 Å². The van der Waals surface area contributed by atoms with Crippen molar-refractivity contribution < 1.29 is 9.53 Å². The minimum Gasteiger partial charge on any atom is -0.496 e. The van der Waals surface area contributed by atoms with Crippen molar-refractivity contribution in [1.29, 1.82) is 0 Å². The van der Waals surface area contributed by atoms with Gasteiger partial charge in [-0.25, -0.2) is 9.97 Å². The van der Waals surface area contributed by atoms with Crippen molar-refractivity contribution in [1.82, 2.24) is 15.3 Å². The quantitative estimate of drug-likeness (QED) is 0.895. The van der Waals surface area contributed by atoms with Crippen LogP contribution in [0.5, 0.6) is 5.75 Å². The van der Waals surface area contributed by atoms with Gasteiger partial charge in [-0.2, -0.15) is 0 Å². The number of amides is 1. The highest BCUT2D eigenvalue weighted by Gasteiger charge is 2.18. The van der Waals surface area contributed by atoms with Gasteiger partial charge >= 0.3 is 0 Å². The molecule has 1 heterocycles. The van der Waals surface area contributed by atoms with Crippen LogP contribution in [-0.2, 0) is 0 Å². The van der Waals surface area contributed by atoms with E-state index in [1.807, 2.05) is 32.0 Å². The molecule has 0 saturated heterocycles. The summed E-state index contributed by atoms with van der Waals surface area (Å²) in [7, 11) is 1.60. The third kappa shape index (κ3) is 3.28. The lowest BCUT2D eigenvalue weighted by atomic mass is 10.0. The molecule has 21 heavy (non-hydrogen) atoms. The smallest absolute Gasteiger partial charge is 0.274 e. The summed E-state index contributed by atoms with van der Waals surface area (Å²) in [5, 5.41) is 2.85. The second-order valence-corrected chi connectivity index (χ2v) is 4.73. The molecule has 0 bridgehead atoms. The average molecular weight is 286 g/mol. The number of nitrogens with zero attached hydrogens (tertiary/aromatic N) is 2. The van der Waals surface area contributed by atoms with E-state index in [2.05, 4.69) is 15.3 Å². The lowest BCUT2D eigenvalue weighted by molar-refractivity contribution is 0.0935. The van der Waals surface area contributed by atoms with Crippen LogP contribution in [0.2, 0.25) is 0 Å². The Bertz CT molecular complexity index is 658. The zero-order chi connectivity index (χ0) is 15.4. The monoisotopic (exact) mass is 286 g/mol. The van der Waals surface area contributed by atoms with Gasteiger partial charge in [0, 0.05) is 18.0 Å². The van der Waals surface area contributed by atoms with Gasteiger partial charge in [-0.05, 0) is 19.9 Å². The number of rotatable bonds is 4. The maximum absolute atomic E-state index is 12.2. The summed E-state index contributed by atoms with van der Waals surface area (Å²) in [4.78, 5) is 20.0. The molecule has 110 valence electrons. The zero-order valence-corrected chi connectivity index (χ0v) is 12.3. The molecular formula is C15H18N4O2. The molecule has 1 aromatic heterocycles. The molecule has 0 aliphatic rings. The highest BCUT2D eigenvalue weighted by Crippen LogP contribution is 2.26. The summed E-state index contributed by atoms with van der Waals surface area (Å²) in [6, 6.07) is 5.57. The highest BCUT2D eigenvalue weighted by atomic mass is 16.5. The standard InChI is InChI=1S/C15H18N4O2/c1-9-4-5-12(21-3)11(8-9)10(2)19-15(20)13-14(16)18-7-6-17-13/h4-8,10H,1-3H3,(H2,16,18)(H,19,20)/t10-/m1/s1. The molecule has 2 rings (SSSR count). The Kier molecular flexibility index (Phi) is 4.37. The predicted octanol–water partition coefficient (Wildman–Crippen LogP) is 1.87. The molecule has 0 aliphatic heterocycles. The topological polar surface area (TPSA) is 90.1 Å². The predicted molar refractivity (Wildman–Crippen MR) is 80.1 cm³/mol. The molecule has 1 aromatic carbocycles.